The van der Waals surface area contributed by atoms with E-state index in [0.29, 0.717) is 30.5 Å². The number of nitrogens with zero attached hydrogens (tertiary/aromatic N) is 2. The van der Waals surface area contributed by atoms with Crippen LogP contribution in [-0.2, 0) is 4.74 Å². The molecule has 1 aromatic heterocycles. The Morgan fingerprint density at radius 2 is 2.00 bits per heavy atom. The molecule has 1 aliphatic heterocycles. The van der Waals surface area contributed by atoms with Crippen LogP contribution in [0.5, 0.6) is 0 Å². The van der Waals surface area contributed by atoms with E-state index in [1.807, 2.05) is 13.8 Å². The molecule has 0 fully saturated rings. The fourth-order valence-corrected chi connectivity index (χ4v) is 1.72. The number of aromatic nitrogens is 1. The lowest BCUT2D eigenvalue weighted by atomic mass is 10.1. The number of rotatable bonds is 1. The summed E-state index contributed by atoms with van der Waals surface area (Å²) >= 11 is 3.19. The van der Waals surface area contributed by atoms with Crippen molar-refractivity contribution in [3.05, 3.63) is 28.2 Å². The Morgan fingerprint density at radius 1 is 1.37 bits per heavy atom. The van der Waals surface area contributed by atoms with E-state index in [1.54, 1.807) is 6.07 Å². The van der Waals surface area contributed by atoms with E-state index in [1.165, 1.54) is 6.07 Å². The number of halogens is 3. The number of nitrogens with two attached hydrogens (primary N) is 1. The fourth-order valence-electron chi connectivity index (χ4n) is 1.40. The van der Waals surface area contributed by atoms with Gasteiger partial charge in [-0.05, 0) is 28.1 Å². The average molecular weight is 338 g/mol. The molecule has 0 aliphatic carbocycles. The van der Waals surface area contributed by atoms with E-state index in [0.717, 1.165) is 0 Å². The van der Waals surface area contributed by atoms with Crippen LogP contribution in [0.15, 0.2) is 21.7 Å². The van der Waals surface area contributed by atoms with Crippen molar-refractivity contribution < 1.29 is 13.5 Å². The normalized spacial score (nSPS) is 16.9. The highest BCUT2D eigenvalue weighted by Crippen LogP contribution is 2.25. The maximum absolute atomic E-state index is 13.4. The molecule has 108 valence electrons. The number of aliphatic imine (C=N–C) groups is 1. The molecular formula is C12H18BrF2N3O. The largest absolute Gasteiger partial charge is 0.465 e. The van der Waals surface area contributed by atoms with Crippen LogP contribution in [0.4, 0.5) is 8.78 Å². The molecule has 2 heterocycles. The van der Waals surface area contributed by atoms with Gasteiger partial charge in [-0.3, -0.25) is 4.39 Å². The Kier molecular flexibility index (Phi) is 9.03. The molecule has 4 nitrogen and oxygen atoms in total. The van der Waals surface area contributed by atoms with E-state index in [2.05, 4.69) is 25.9 Å². The van der Waals surface area contributed by atoms with E-state index in [-0.39, 0.29) is 17.9 Å². The molecule has 1 unspecified atom stereocenters. The molecule has 2 rings (SSSR count). The highest BCUT2D eigenvalue weighted by atomic mass is 79.9. The van der Waals surface area contributed by atoms with Gasteiger partial charge in [-0.15, -0.1) is 0 Å². The molecule has 0 bridgehead atoms. The summed E-state index contributed by atoms with van der Waals surface area (Å²) in [5, 5.41) is 0. The van der Waals surface area contributed by atoms with Gasteiger partial charge in [-0.1, -0.05) is 13.8 Å². The van der Waals surface area contributed by atoms with Crippen molar-refractivity contribution in [2.24, 2.45) is 10.7 Å². The van der Waals surface area contributed by atoms with E-state index in [9.17, 15) is 8.78 Å². The molecule has 1 atom stereocenters. The molecule has 1 aliphatic rings. The van der Waals surface area contributed by atoms with Crippen molar-refractivity contribution in [1.29, 1.82) is 0 Å². The summed E-state index contributed by atoms with van der Waals surface area (Å²) in [4.78, 5) is 8.06. The highest BCUT2D eigenvalue weighted by Gasteiger charge is 2.21. The molecule has 1 aromatic rings. The zero-order valence-electron chi connectivity index (χ0n) is 11.2. The van der Waals surface area contributed by atoms with Gasteiger partial charge < -0.3 is 10.5 Å². The summed E-state index contributed by atoms with van der Waals surface area (Å²) in [6, 6.07) is 2.64. The Balaban J connectivity index is 0.000000741. The SMILES string of the molecule is CC.CF.NC1=NC(c2nc(Br)ccc2F)CCO1. The van der Waals surface area contributed by atoms with Crippen molar-refractivity contribution in [3.63, 3.8) is 0 Å². The van der Waals surface area contributed by atoms with Gasteiger partial charge in [0.25, 0.3) is 6.02 Å². The molecule has 0 amide bonds. The standard InChI is InChI=1S/C9H9BrFN3O.C2H6.CH3F/c10-7-2-1-5(11)8(14-7)6-3-4-15-9(12)13-6;2*1-2/h1-2,6H,3-4H2,(H2,12,13);1-2H3;1H3. The van der Waals surface area contributed by atoms with Crippen molar-refractivity contribution in [1.82, 2.24) is 4.98 Å². The third kappa shape index (κ3) is 5.50. The maximum atomic E-state index is 13.4. The minimum absolute atomic E-state index is 0.0902. The van der Waals surface area contributed by atoms with E-state index < -0.39 is 0 Å². The molecular weight excluding hydrogens is 320 g/mol. The smallest absolute Gasteiger partial charge is 0.282 e. The van der Waals surface area contributed by atoms with Crippen molar-refractivity contribution in [3.8, 4) is 0 Å². The highest BCUT2D eigenvalue weighted by molar-refractivity contribution is 9.10. The van der Waals surface area contributed by atoms with Crippen LogP contribution in [-0.4, -0.2) is 24.8 Å². The van der Waals surface area contributed by atoms with Crippen LogP contribution in [0.2, 0.25) is 0 Å². The first-order chi connectivity index (χ1) is 9.16. The molecule has 0 saturated heterocycles. The van der Waals surface area contributed by atoms with Crippen LogP contribution in [0.3, 0.4) is 0 Å². The Bertz CT molecular complexity index is 416. The number of pyridine rings is 1. The molecule has 19 heavy (non-hydrogen) atoms. The topological polar surface area (TPSA) is 60.5 Å². The molecule has 0 aromatic carbocycles. The second-order valence-corrected chi connectivity index (χ2v) is 3.93. The second kappa shape index (κ2) is 9.66. The van der Waals surface area contributed by atoms with Crippen LogP contribution >= 0.6 is 15.9 Å². The molecule has 0 spiro atoms. The lowest BCUT2D eigenvalue weighted by molar-refractivity contribution is 0.253. The number of hydrogen-bond acceptors (Lipinski definition) is 4. The van der Waals surface area contributed by atoms with Crippen LogP contribution in [0.25, 0.3) is 0 Å². The zero-order valence-corrected chi connectivity index (χ0v) is 12.7. The summed E-state index contributed by atoms with van der Waals surface area (Å²) in [6.45, 7) is 4.44. The van der Waals surface area contributed by atoms with E-state index in [4.69, 9.17) is 10.5 Å². The first-order valence-corrected chi connectivity index (χ1v) is 6.62. The summed E-state index contributed by atoms with van der Waals surface area (Å²) in [5.41, 5.74) is 5.72. The van der Waals surface area contributed by atoms with Gasteiger partial charge in [0.15, 0.2) is 0 Å². The van der Waals surface area contributed by atoms with Gasteiger partial charge >= 0.3 is 0 Å². The zero-order chi connectivity index (χ0) is 14.8. The third-order valence-corrected chi connectivity index (χ3v) is 2.52. The lowest BCUT2D eigenvalue weighted by Gasteiger charge is -2.18. The molecule has 7 heteroatoms. The Labute approximate surface area is 120 Å². The Morgan fingerprint density at radius 3 is 2.58 bits per heavy atom. The van der Waals surface area contributed by atoms with Crippen molar-refractivity contribution in [2.45, 2.75) is 26.3 Å². The quantitative estimate of drug-likeness (QED) is 0.799. The maximum Gasteiger partial charge on any atom is 0.282 e. The minimum Gasteiger partial charge on any atom is -0.465 e. The van der Waals surface area contributed by atoms with Crippen LogP contribution < -0.4 is 5.73 Å². The number of ether oxygens (including phenoxy) is 1. The average Bonchev–Trinajstić information content (AvgIpc) is 2.46. The van der Waals surface area contributed by atoms with Gasteiger partial charge in [-0.2, -0.15) is 0 Å². The molecule has 0 radical (unpaired) electrons. The summed E-state index contributed by atoms with van der Waals surface area (Å²) in [7, 11) is 0.500. The van der Waals surface area contributed by atoms with Crippen molar-refractivity contribution >= 4 is 22.0 Å². The van der Waals surface area contributed by atoms with Gasteiger partial charge in [0, 0.05) is 6.42 Å². The summed E-state index contributed by atoms with van der Waals surface area (Å²) < 4.78 is 28.5. The number of alkyl halides is 1. The second-order valence-electron chi connectivity index (χ2n) is 3.12. The summed E-state index contributed by atoms with van der Waals surface area (Å²) in [5.74, 6) is -0.373. The monoisotopic (exact) mass is 337 g/mol. The minimum atomic E-state index is -0.373. The van der Waals surface area contributed by atoms with Gasteiger partial charge in [0.1, 0.15) is 22.2 Å². The third-order valence-electron chi connectivity index (χ3n) is 2.08. The fraction of sp³-hybridized carbons (Fsp3) is 0.500. The molecule has 0 saturated carbocycles. The van der Waals surface area contributed by atoms with Gasteiger partial charge in [0.05, 0.1) is 13.8 Å². The van der Waals surface area contributed by atoms with Crippen LogP contribution in [0, 0.1) is 5.82 Å². The van der Waals surface area contributed by atoms with Crippen LogP contribution in [0.1, 0.15) is 32.0 Å². The first-order valence-electron chi connectivity index (χ1n) is 5.82. The first kappa shape index (κ1) is 17.8. The van der Waals surface area contributed by atoms with Crippen molar-refractivity contribution in [2.75, 3.05) is 13.8 Å². The number of hydrogen-bond donors (Lipinski definition) is 1. The molecule has 2 N–H and O–H groups in total. The number of amidine groups is 1. The Hall–Kier alpha value is -1.24. The predicted octanol–water partition coefficient (Wildman–Crippen LogP) is 3.37. The summed E-state index contributed by atoms with van der Waals surface area (Å²) in [6.07, 6.45) is 0.584. The van der Waals surface area contributed by atoms with Gasteiger partial charge in [-0.25, -0.2) is 14.4 Å². The predicted molar refractivity (Wildman–Crippen MR) is 75.2 cm³/mol. The van der Waals surface area contributed by atoms with E-state index >= 15 is 0 Å². The lowest BCUT2D eigenvalue weighted by Crippen LogP contribution is -2.24. The van der Waals surface area contributed by atoms with Gasteiger partial charge in [0.2, 0.25) is 0 Å².